The van der Waals surface area contributed by atoms with E-state index in [-0.39, 0.29) is 43.3 Å². The molecule has 0 saturated carbocycles. The lowest BCUT2D eigenvalue weighted by Gasteiger charge is -2.26. The molecule has 1 unspecified atom stereocenters. The molecular formula is C32H50O6. The van der Waals surface area contributed by atoms with Crippen molar-refractivity contribution in [2.45, 2.75) is 118 Å². The standard InChI is InChI=1S/C32H50O6/c1-7-12-13-16-24-19-28(35-21-37-31(33)25(8-2)9-3)30(27-17-14-15-23(6)18-27)29(20-24)36-22-38-32(34)26(10-4)11-5/h18-20,25-27H,7-17,21-22H2,1-6H3. The quantitative estimate of drug-likeness (QED) is 0.0873. The second-order valence-corrected chi connectivity index (χ2v) is 10.5. The molecule has 1 aromatic carbocycles. The van der Waals surface area contributed by atoms with Crippen molar-refractivity contribution in [2.75, 3.05) is 13.6 Å². The molecule has 0 heterocycles. The third-order valence-corrected chi connectivity index (χ3v) is 7.64. The van der Waals surface area contributed by atoms with E-state index in [9.17, 15) is 9.59 Å². The van der Waals surface area contributed by atoms with Gasteiger partial charge < -0.3 is 18.9 Å². The first kappa shape index (κ1) is 31.7. The van der Waals surface area contributed by atoms with Crippen LogP contribution in [0.5, 0.6) is 11.5 Å². The van der Waals surface area contributed by atoms with Gasteiger partial charge in [0.1, 0.15) is 11.5 Å². The molecule has 6 heteroatoms. The second kappa shape index (κ2) is 17.2. The number of carbonyl (C=O) groups excluding carboxylic acids is 2. The summed E-state index contributed by atoms with van der Waals surface area (Å²) in [4.78, 5) is 24.9. The van der Waals surface area contributed by atoms with Crippen LogP contribution in [-0.2, 0) is 25.5 Å². The van der Waals surface area contributed by atoms with Crippen molar-refractivity contribution >= 4 is 11.9 Å². The van der Waals surface area contributed by atoms with E-state index in [0.717, 1.165) is 81.8 Å². The van der Waals surface area contributed by atoms with Crippen LogP contribution in [0.15, 0.2) is 23.8 Å². The lowest BCUT2D eigenvalue weighted by molar-refractivity contribution is -0.156. The summed E-state index contributed by atoms with van der Waals surface area (Å²) in [5.74, 6) is 0.768. The zero-order valence-corrected chi connectivity index (χ0v) is 24.6. The zero-order chi connectivity index (χ0) is 27.9. The number of ether oxygens (including phenoxy) is 4. The van der Waals surface area contributed by atoms with Crippen molar-refractivity contribution in [3.05, 3.63) is 34.9 Å². The molecule has 0 radical (unpaired) electrons. The van der Waals surface area contributed by atoms with E-state index in [1.54, 1.807) is 0 Å². The first-order chi connectivity index (χ1) is 18.4. The van der Waals surface area contributed by atoms with Crippen LogP contribution in [0.1, 0.15) is 123 Å². The van der Waals surface area contributed by atoms with Gasteiger partial charge in [0.15, 0.2) is 0 Å². The number of esters is 2. The number of allylic oxidation sites excluding steroid dienone is 2. The molecule has 6 nitrogen and oxygen atoms in total. The van der Waals surface area contributed by atoms with Gasteiger partial charge >= 0.3 is 11.9 Å². The SMILES string of the molecule is CCCCCc1cc(OCOC(=O)C(CC)CC)c(C2C=C(C)CCC2)c(OCOC(=O)C(CC)CC)c1. The molecule has 0 aliphatic heterocycles. The van der Waals surface area contributed by atoms with Crippen LogP contribution >= 0.6 is 0 Å². The molecule has 2 rings (SSSR count). The highest BCUT2D eigenvalue weighted by molar-refractivity contribution is 5.72. The van der Waals surface area contributed by atoms with Gasteiger partial charge in [0, 0.05) is 11.5 Å². The maximum Gasteiger partial charge on any atom is 0.311 e. The lowest BCUT2D eigenvalue weighted by atomic mass is 9.84. The monoisotopic (exact) mass is 530 g/mol. The van der Waals surface area contributed by atoms with Gasteiger partial charge in [0.25, 0.3) is 0 Å². The molecule has 38 heavy (non-hydrogen) atoms. The number of benzene rings is 1. The Labute approximate surface area is 230 Å². The maximum absolute atomic E-state index is 12.5. The summed E-state index contributed by atoms with van der Waals surface area (Å²) in [6.07, 6.45) is 12.6. The Kier molecular flexibility index (Phi) is 14.3. The highest BCUT2D eigenvalue weighted by Crippen LogP contribution is 2.43. The number of hydrogen-bond donors (Lipinski definition) is 0. The van der Waals surface area contributed by atoms with Crippen LogP contribution in [0.3, 0.4) is 0 Å². The summed E-state index contributed by atoms with van der Waals surface area (Å²) in [7, 11) is 0. The highest BCUT2D eigenvalue weighted by Gasteiger charge is 2.25. The minimum Gasteiger partial charge on any atom is -0.457 e. The number of unbranched alkanes of at least 4 members (excludes halogenated alkanes) is 2. The van der Waals surface area contributed by atoms with Crippen LogP contribution in [0.25, 0.3) is 0 Å². The molecule has 0 N–H and O–H groups in total. The van der Waals surface area contributed by atoms with Gasteiger partial charge in [-0.1, -0.05) is 59.1 Å². The normalized spacial score (nSPS) is 15.4. The molecule has 0 amide bonds. The second-order valence-electron chi connectivity index (χ2n) is 10.5. The fourth-order valence-corrected chi connectivity index (χ4v) is 5.10. The average molecular weight is 531 g/mol. The third-order valence-electron chi connectivity index (χ3n) is 7.64. The number of rotatable bonds is 17. The third kappa shape index (κ3) is 9.67. The minimum absolute atomic E-state index is 0.114. The Bertz CT molecular complexity index is 846. The first-order valence-electron chi connectivity index (χ1n) is 14.8. The maximum atomic E-state index is 12.5. The largest absolute Gasteiger partial charge is 0.457 e. The van der Waals surface area contributed by atoms with Gasteiger partial charge in [-0.25, -0.2) is 0 Å². The summed E-state index contributed by atoms with van der Waals surface area (Å²) in [6, 6.07) is 4.13. The molecule has 1 aliphatic rings. The van der Waals surface area contributed by atoms with E-state index >= 15 is 0 Å². The molecular weight excluding hydrogens is 480 g/mol. The van der Waals surface area contributed by atoms with Crippen molar-refractivity contribution in [1.82, 2.24) is 0 Å². The molecule has 1 atom stereocenters. The summed E-state index contributed by atoms with van der Waals surface area (Å²) in [5, 5.41) is 0. The lowest BCUT2D eigenvalue weighted by Crippen LogP contribution is -2.20. The van der Waals surface area contributed by atoms with E-state index < -0.39 is 0 Å². The van der Waals surface area contributed by atoms with Crippen molar-refractivity contribution in [3.63, 3.8) is 0 Å². The van der Waals surface area contributed by atoms with Gasteiger partial charge in [-0.2, -0.15) is 0 Å². The minimum atomic E-state index is -0.228. The molecule has 214 valence electrons. The van der Waals surface area contributed by atoms with E-state index in [2.05, 4.69) is 32.1 Å². The fraction of sp³-hybridized carbons (Fsp3) is 0.688. The van der Waals surface area contributed by atoms with E-state index in [4.69, 9.17) is 18.9 Å². The first-order valence-corrected chi connectivity index (χ1v) is 14.8. The van der Waals surface area contributed by atoms with E-state index in [1.165, 1.54) is 5.57 Å². The molecule has 0 spiro atoms. The Morgan fingerprint density at radius 1 is 0.842 bits per heavy atom. The van der Waals surface area contributed by atoms with E-state index in [0.29, 0.717) is 11.5 Å². The van der Waals surface area contributed by atoms with Gasteiger partial charge in [0.05, 0.1) is 11.8 Å². The molecule has 1 aliphatic carbocycles. The van der Waals surface area contributed by atoms with Crippen LogP contribution < -0.4 is 9.47 Å². The molecule has 0 fully saturated rings. The zero-order valence-electron chi connectivity index (χ0n) is 24.6. The molecule has 0 saturated heterocycles. The molecule has 0 bridgehead atoms. The Morgan fingerprint density at radius 2 is 1.37 bits per heavy atom. The van der Waals surface area contributed by atoms with Crippen LogP contribution in [0.4, 0.5) is 0 Å². The summed E-state index contributed by atoms with van der Waals surface area (Å²) < 4.78 is 23.3. The number of carbonyl (C=O) groups is 2. The fourth-order valence-electron chi connectivity index (χ4n) is 5.10. The van der Waals surface area contributed by atoms with Gasteiger partial charge in [0.2, 0.25) is 13.6 Å². The average Bonchev–Trinajstić information content (AvgIpc) is 2.90. The van der Waals surface area contributed by atoms with Crippen LogP contribution in [-0.4, -0.2) is 25.5 Å². The Hall–Kier alpha value is -2.50. The highest BCUT2D eigenvalue weighted by atomic mass is 16.7. The Balaban J connectivity index is 2.36. The predicted molar refractivity (Wildman–Crippen MR) is 151 cm³/mol. The predicted octanol–water partition coefficient (Wildman–Crippen LogP) is 8.26. The van der Waals surface area contributed by atoms with Crippen molar-refractivity contribution in [1.29, 1.82) is 0 Å². The van der Waals surface area contributed by atoms with Crippen molar-refractivity contribution < 1.29 is 28.5 Å². The summed E-state index contributed by atoms with van der Waals surface area (Å²) in [6.45, 7) is 12.0. The number of aryl methyl sites for hydroxylation is 1. The van der Waals surface area contributed by atoms with Crippen molar-refractivity contribution in [2.24, 2.45) is 11.8 Å². The van der Waals surface area contributed by atoms with Crippen LogP contribution in [0, 0.1) is 11.8 Å². The van der Waals surface area contributed by atoms with Gasteiger partial charge in [-0.3, -0.25) is 9.59 Å². The van der Waals surface area contributed by atoms with E-state index in [1.807, 2.05) is 27.7 Å². The molecule has 1 aromatic rings. The Morgan fingerprint density at radius 3 is 1.82 bits per heavy atom. The summed E-state index contributed by atoms with van der Waals surface area (Å²) >= 11 is 0. The smallest absolute Gasteiger partial charge is 0.311 e. The van der Waals surface area contributed by atoms with Gasteiger partial charge in [-0.15, -0.1) is 0 Å². The van der Waals surface area contributed by atoms with Crippen LogP contribution in [0.2, 0.25) is 0 Å². The van der Waals surface area contributed by atoms with Crippen molar-refractivity contribution in [3.8, 4) is 11.5 Å². The topological polar surface area (TPSA) is 71.1 Å². The molecule has 0 aromatic heterocycles. The summed E-state index contributed by atoms with van der Waals surface area (Å²) in [5.41, 5.74) is 3.37. The van der Waals surface area contributed by atoms with Gasteiger partial charge in [-0.05, 0) is 82.4 Å². The number of hydrogen-bond acceptors (Lipinski definition) is 6.